The largest absolute Gasteiger partial charge is 0.458 e. The van der Waals surface area contributed by atoms with Gasteiger partial charge in [-0.05, 0) is 109 Å². The Morgan fingerprint density at radius 2 is 1.20 bits per heavy atom. The van der Waals surface area contributed by atoms with Crippen LogP contribution in [0.3, 0.4) is 0 Å². The van der Waals surface area contributed by atoms with E-state index >= 15 is 0 Å². The molecule has 2 nitrogen and oxygen atoms in total. The molecular formula is C42H36BNOSi. The Bertz CT molecular complexity index is 2160. The molecule has 0 spiro atoms. The average molecular weight is 610 g/mol. The minimum absolute atomic E-state index is 0.0286. The summed E-state index contributed by atoms with van der Waals surface area (Å²) in [5.74, 6) is 1.97. The highest BCUT2D eigenvalue weighted by Gasteiger charge is 2.55. The van der Waals surface area contributed by atoms with Crippen molar-refractivity contribution in [3.05, 3.63) is 144 Å². The summed E-state index contributed by atoms with van der Waals surface area (Å²) >= 11 is 0. The smallest absolute Gasteiger partial charge is 0.256 e. The van der Waals surface area contributed by atoms with E-state index in [1.807, 2.05) is 0 Å². The van der Waals surface area contributed by atoms with Crippen LogP contribution in [-0.2, 0) is 5.41 Å². The van der Waals surface area contributed by atoms with Crippen LogP contribution in [0, 0.1) is 13.8 Å². The van der Waals surface area contributed by atoms with Crippen LogP contribution in [0.15, 0.2) is 127 Å². The monoisotopic (exact) mass is 609 g/mol. The van der Waals surface area contributed by atoms with Gasteiger partial charge in [0.25, 0.3) is 6.71 Å². The summed E-state index contributed by atoms with van der Waals surface area (Å²) in [5, 5.41) is 5.72. The van der Waals surface area contributed by atoms with Gasteiger partial charge in [0.1, 0.15) is 11.5 Å². The Hall–Kier alpha value is -4.80. The van der Waals surface area contributed by atoms with Gasteiger partial charge < -0.3 is 9.64 Å². The molecule has 0 N–H and O–H groups in total. The third-order valence-corrected chi connectivity index (χ3v) is 15.3. The van der Waals surface area contributed by atoms with Gasteiger partial charge in [-0.15, -0.1) is 0 Å². The van der Waals surface area contributed by atoms with E-state index in [-0.39, 0.29) is 12.1 Å². The molecular weight excluding hydrogens is 573 g/mol. The van der Waals surface area contributed by atoms with Gasteiger partial charge in [-0.3, -0.25) is 0 Å². The summed E-state index contributed by atoms with van der Waals surface area (Å²) in [7, 11) is -2.76. The SMILES string of the molecule is Cc1cc(N2c3cc(C)cc4c3B3c5c(cccc5[Si](c5ccccc5)(c5ccccc5)c5cccc2c53)O4)cc(C(C)(C)C)c1. The van der Waals surface area contributed by atoms with Gasteiger partial charge in [-0.25, -0.2) is 0 Å². The molecule has 0 saturated heterocycles. The zero-order chi connectivity index (χ0) is 31.4. The third kappa shape index (κ3) is 3.65. The van der Waals surface area contributed by atoms with Crippen LogP contribution in [0.5, 0.6) is 11.5 Å². The molecule has 0 bridgehead atoms. The predicted octanol–water partition coefficient (Wildman–Crippen LogP) is 5.70. The van der Waals surface area contributed by atoms with E-state index in [4.69, 9.17) is 4.74 Å². The van der Waals surface area contributed by atoms with Crippen molar-refractivity contribution in [2.24, 2.45) is 0 Å². The standard InChI is InChI=1S/C42H36BNOSi/c1-27-22-29(42(3,4)5)26-30(23-27)44-33-18-12-20-37-40(33)43-39-34(44)24-28(2)25-36(39)45-35-19-13-21-38(41(35)43)46(37,31-14-8-6-9-15-31)32-16-10-7-11-17-32/h6-26H,1-5H3. The number of hydrogen-bond donors (Lipinski definition) is 0. The summed E-state index contributed by atoms with van der Waals surface area (Å²) in [6.45, 7) is 11.4. The molecule has 9 rings (SSSR count). The normalized spacial score (nSPS) is 14.9. The number of rotatable bonds is 3. The van der Waals surface area contributed by atoms with Crippen LogP contribution < -0.4 is 46.8 Å². The van der Waals surface area contributed by atoms with Gasteiger partial charge in [0.05, 0.1) is 0 Å². The summed E-state index contributed by atoms with van der Waals surface area (Å²) < 4.78 is 6.98. The van der Waals surface area contributed by atoms with Gasteiger partial charge in [0.15, 0.2) is 8.07 Å². The van der Waals surface area contributed by atoms with E-state index in [9.17, 15) is 0 Å². The minimum atomic E-state index is -2.76. The van der Waals surface area contributed by atoms with Crippen molar-refractivity contribution in [3.63, 3.8) is 0 Å². The van der Waals surface area contributed by atoms with Crippen LogP contribution in [0.25, 0.3) is 0 Å². The molecule has 0 radical (unpaired) electrons. The lowest BCUT2D eigenvalue weighted by Crippen LogP contribution is -2.87. The number of ether oxygens (including phenoxy) is 1. The molecule has 0 aromatic heterocycles. The summed E-state index contributed by atoms with van der Waals surface area (Å²) in [6.07, 6.45) is 0. The highest BCUT2D eigenvalue weighted by molar-refractivity contribution is 7.27. The van der Waals surface area contributed by atoms with Crippen molar-refractivity contribution in [3.8, 4) is 11.5 Å². The second-order valence-electron chi connectivity index (χ2n) is 14.3. The first-order chi connectivity index (χ1) is 22.3. The zero-order valence-corrected chi connectivity index (χ0v) is 28.1. The summed E-state index contributed by atoms with van der Waals surface area (Å²) in [5.41, 5.74) is 11.6. The van der Waals surface area contributed by atoms with Crippen molar-refractivity contribution >= 4 is 69.0 Å². The Morgan fingerprint density at radius 3 is 1.87 bits per heavy atom. The maximum atomic E-state index is 6.98. The Labute approximate surface area is 273 Å². The molecule has 6 aromatic carbocycles. The fraction of sp³-hybridized carbons (Fsp3) is 0.143. The van der Waals surface area contributed by atoms with E-state index in [1.54, 1.807) is 0 Å². The van der Waals surface area contributed by atoms with Gasteiger partial charge in [-0.1, -0.05) is 112 Å². The Morgan fingerprint density at radius 1 is 0.565 bits per heavy atom. The topological polar surface area (TPSA) is 12.5 Å². The number of nitrogens with zero attached hydrogens (tertiary/aromatic N) is 1. The van der Waals surface area contributed by atoms with Gasteiger partial charge in [0.2, 0.25) is 0 Å². The van der Waals surface area contributed by atoms with Gasteiger partial charge in [0, 0.05) is 17.1 Å². The molecule has 0 saturated carbocycles. The van der Waals surface area contributed by atoms with Crippen LogP contribution in [0.1, 0.15) is 37.5 Å². The van der Waals surface area contributed by atoms with Gasteiger partial charge >= 0.3 is 0 Å². The first-order valence-electron chi connectivity index (χ1n) is 16.4. The third-order valence-electron chi connectivity index (χ3n) is 10.4. The molecule has 0 unspecified atom stereocenters. The van der Waals surface area contributed by atoms with Gasteiger partial charge in [-0.2, -0.15) is 0 Å². The fourth-order valence-corrected chi connectivity index (χ4v) is 13.8. The fourth-order valence-electron chi connectivity index (χ4n) is 8.54. The van der Waals surface area contributed by atoms with Crippen LogP contribution in [-0.4, -0.2) is 14.8 Å². The molecule has 3 aliphatic rings. The molecule has 3 aliphatic heterocycles. The van der Waals surface area contributed by atoms with Crippen molar-refractivity contribution < 1.29 is 4.74 Å². The molecule has 0 atom stereocenters. The molecule has 46 heavy (non-hydrogen) atoms. The number of aryl methyl sites for hydroxylation is 2. The van der Waals surface area contributed by atoms with E-state index in [0.29, 0.717) is 0 Å². The second kappa shape index (κ2) is 9.60. The van der Waals surface area contributed by atoms with Crippen LogP contribution in [0.2, 0.25) is 0 Å². The zero-order valence-electron chi connectivity index (χ0n) is 27.1. The van der Waals surface area contributed by atoms with E-state index < -0.39 is 8.07 Å². The molecule has 0 amide bonds. The summed E-state index contributed by atoms with van der Waals surface area (Å²) in [4.78, 5) is 2.54. The first-order valence-corrected chi connectivity index (χ1v) is 18.4. The van der Waals surface area contributed by atoms with Crippen LogP contribution >= 0.6 is 0 Å². The minimum Gasteiger partial charge on any atom is -0.458 e. The number of benzene rings is 6. The molecule has 6 aromatic rings. The molecule has 0 aliphatic carbocycles. The van der Waals surface area contributed by atoms with E-state index in [1.165, 1.54) is 70.9 Å². The van der Waals surface area contributed by atoms with E-state index in [0.717, 1.165) is 11.5 Å². The maximum Gasteiger partial charge on any atom is 0.256 e. The number of hydrogen-bond acceptors (Lipinski definition) is 2. The summed E-state index contributed by atoms with van der Waals surface area (Å²) in [6, 6.07) is 48.2. The lowest BCUT2D eigenvalue weighted by molar-refractivity contribution is 0.487. The van der Waals surface area contributed by atoms with Crippen LogP contribution in [0.4, 0.5) is 17.1 Å². The lowest BCUT2D eigenvalue weighted by Gasteiger charge is -2.49. The molecule has 4 heteroatoms. The quantitative estimate of drug-likeness (QED) is 0.239. The lowest BCUT2D eigenvalue weighted by atomic mass is 9.34. The predicted molar refractivity (Wildman–Crippen MR) is 198 cm³/mol. The van der Waals surface area contributed by atoms with E-state index in [2.05, 4.69) is 167 Å². The highest BCUT2D eigenvalue weighted by atomic mass is 28.3. The second-order valence-corrected chi connectivity index (χ2v) is 18.0. The Balaban J connectivity index is 1.46. The first kappa shape index (κ1) is 27.5. The van der Waals surface area contributed by atoms with Crippen molar-refractivity contribution in [2.45, 2.75) is 40.0 Å². The van der Waals surface area contributed by atoms with Crippen molar-refractivity contribution in [1.82, 2.24) is 0 Å². The maximum absolute atomic E-state index is 6.98. The molecule has 0 fully saturated rings. The van der Waals surface area contributed by atoms with Crippen molar-refractivity contribution in [1.29, 1.82) is 0 Å². The highest BCUT2D eigenvalue weighted by Crippen LogP contribution is 2.43. The Kier molecular flexibility index (Phi) is 5.74. The number of anilines is 3. The average Bonchev–Trinajstić information content (AvgIpc) is 3.05. The molecule has 3 heterocycles. The van der Waals surface area contributed by atoms with Crippen molar-refractivity contribution in [2.75, 3.05) is 4.90 Å². The molecule has 222 valence electrons.